The second-order valence-electron chi connectivity index (χ2n) is 1.58. The average Bonchev–Trinajstić information content (AvgIpc) is 1.88. The van der Waals surface area contributed by atoms with Crippen LogP contribution in [0, 0.1) is 0 Å². The number of aliphatic imine (C=N–C) groups is 3. The van der Waals surface area contributed by atoms with Crippen LogP contribution in [0.2, 0.25) is 0 Å². The Morgan fingerprint density at radius 1 is 0.909 bits per heavy atom. The molecule has 0 atom stereocenters. The molecule has 0 aromatic carbocycles. The van der Waals surface area contributed by atoms with E-state index in [1.807, 2.05) is 0 Å². The molecule has 0 saturated heterocycles. The number of hydrogen-bond donors (Lipinski definition) is 0. The van der Waals surface area contributed by atoms with Gasteiger partial charge in [-0.2, -0.15) is 15.0 Å². The maximum atomic E-state index is 4.37. The number of hydrogen-bond acceptors (Lipinski definition) is 6. The van der Waals surface area contributed by atoms with Crippen LogP contribution in [0.1, 0.15) is 6.92 Å². The van der Waals surface area contributed by atoms with Crippen LogP contribution < -0.4 is 0 Å². The van der Waals surface area contributed by atoms with Crippen LogP contribution in [0.25, 0.3) is 0 Å². The van der Waals surface area contributed by atoms with Crippen molar-refractivity contribution in [3.63, 3.8) is 0 Å². The van der Waals surface area contributed by atoms with E-state index in [-0.39, 0.29) is 0 Å². The van der Waals surface area contributed by atoms with Crippen molar-refractivity contribution in [1.29, 1.82) is 0 Å². The van der Waals surface area contributed by atoms with Crippen LogP contribution in [0.3, 0.4) is 0 Å². The number of thiocarbonyl (C=S) groups is 3. The average molecular weight is 201 g/mol. The third kappa shape index (κ3) is 3.96. The lowest BCUT2D eigenvalue weighted by atomic mass is 10.4. The van der Waals surface area contributed by atoms with Crippen LogP contribution in [-0.2, 0) is 0 Å². The van der Waals surface area contributed by atoms with Crippen LogP contribution >= 0.6 is 36.7 Å². The SMILES string of the molecule is CC(N=C=S)(N=C=S)N=C=S. The van der Waals surface area contributed by atoms with Gasteiger partial charge in [-0.25, -0.2) is 0 Å². The first-order valence-electron chi connectivity index (χ1n) is 2.45. The van der Waals surface area contributed by atoms with Crippen LogP contribution in [0.15, 0.2) is 15.0 Å². The molecule has 0 aliphatic carbocycles. The molecule has 0 unspecified atom stereocenters. The highest BCUT2D eigenvalue weighted by Gasteiger charge is 2.17. The fraction of sp³-hybridized carbons (Fsp3) is 0.400. The van der Waals surface area contributed by atoms with E-state index in [9.17, 15) is 0 Å². The smallest absolute Gasteiger partial charge is 0.177 e. The fourth-order valence-electron chi connectivity index (χ4n) is 0.334. The lowest BCUT2D eigenvalue weighted by Crippen LogP contribution is -2.13. The summed E-state index contributed by atoms with van der Waals surface area (Å²) < 4.78 is 0. The largest absolute Gasteiger partial charge is 0.268 e. The fourth-order valence-corrected chi connectivity index (χ4v) is 0.853. The molecule has 0 spiro atoms. The summed E-state index contributed by atoms with van der Waals surface area (Å²) in [6, 6.07) is 0. The van der Waals surface area contributed by atoms with Gasteiger partial charge >= 0.3 is 0 Å². The highest BCUT2D eigenvalue weighted by atomic mass is 32.1. The quantitative estimate of drug-likeness (QED) is 0.517. The van der Waals surface area contributed by atoms with Gasteiger partial charge in [0.2, 0.25) is 0 Å². The summed E-state index contributed by atoms with van der Waals surface area (Å²) in [5.41, 5.74) is 0. The van der Waals surface area contributed by atoms with Gasteiger partial charge in [0, 0.05) is 6.92 Å². The van der Waals surface area contributed by atoms with Crippen molar-refractivity contribution < 1.29 is 0 Å². The van der Waals surface area contributed by atoms with E-state index in [1.54, 1.807) is 6.92 Å². The van der Waals surface area contributed by atoms with Crippen molar-refractivity contribution in [2.45, 2.75) is 12.7 Å². The highest BCUT2D eigenvalue weighted by molar-refractivity contribution is 7.78. The van der Waals surface area contributed by atoms with E-state index in [4.69, 9.17) is 0 Å². The Labute approximate surface area is 80.0 Å². The van der Waals surface area contributed by atoms with E-state index >= 15 is 0 Å². The Kier molecular flexibility index (Phi) is 4.83. The number of rotatable bonds is 3. The van der Waals surface area contributed by atoms with Crippen molar-refractivity contribution in [3.05, 3.63) is 0 Å². The molecule has 0 radical (unpaired) electrons. The Morgan fingerprint density at radius 3 is 1.36 bits per heavy atom. The maximum Gasteiger partial charge on any atom is 0.268 e. The second-order valence-corrected chi connectivity index (χ2v) is 2.13. The van der Waals surface area contributed by atoms with Gasteiger partial charge in [0.05, 0.1) is 15.5 Å². The molecular weight excluding hydrogens is 198 g/mol. The van der Waals surface area contributed by atoms with E-state index in [0.717, 1.165) is 0 Å². The number of isothiocyanates is 3. The molecule has 0 amide bonds. The standard InChI is InChI=1S/C5H3N3S3/c1-5(6-2-9,7-3-10)8-4-11/h1H3. The Morgan fingerprint density at radius 2 is 1.18 bits per heavy atom. The molecule has 0 aromatic rings. The van der Waals surface area contributed by atoms with Crippen LogP contribution in [-0.4, -0.2) is 21.3 Å². The minimum atomic E-state index is -1.12. The molecule has 3 nitrogen and oxygen atoms in total. The van der Waals surface area contributed by atoms with E-state index < -0.39 is 5.79 Å². The molecule has 56 valence electrons. The molecule has 0 rings (SSSR count). The molecule has 11 heavy (non-hydrogen) atoms. The summed E-state index contributed by atoms with van der Waals surface area (Å²) in [6.07, 6.45) is 0. The molecule has 0 aliphatic heterocycles. The van der Waals surface area contributed by atoms with Gasteiger partial charge in [-0.15, -0.1) is 0 Å². The van der Waals surface area contributed by atoms with E-state index in [1.165, 1.54) is 0 Å². The van der Waals surface area contributed by atoms with Gasteiger partial charge in [-0.3, -0.25) is 0 Å². The zero-order valence-corrected chi connectivity index (χ0v) is 8.02. The molecule has 0 heterocycles. The van der Waals surface area contributed by atoms with Crippen molar-refractivity contribution in [3.8, 4) is 0 Å². The summed E-state index contributed by atoms with van der Waals surface area (Å²) in [4.78, 5) is 10.8. The third-order valence-corrected chi connectivity index (χ3v) is 1.05. The predicted molar refractivity (Wildman–Crippen MR) is 53.5 cm³/mol. The summed E-state index contributed by atoms with van der Waals surface area (Å²) in [5, 5.41) is 6.38. The molecule has 0 aliphatic rings. The van der Waals surface area contributed by atoms with Gasteiger partial charge in [0.1, 0.15) is 0 Å². The lowest BCUT2D eigenvalue weighted by Gasteiger charge is -2.06. The Bertz CT molecular complexity index is 234. The number of nitrogens with zero attached hydrogens (tertiary/aromatic N) is 3. The predicted octanol–water partition coefficient (Wildman–Crippen LogP) is 1.97. The first kappa shape index (κ1) is 10.4. The Hall–Kier alpha value is -0.600. The van der Waals surface area contributed by atoms with Gasteiger partial charge in [-0.05, 0) is 36.7 Å². The zero-order chi connectivity index (χ0) is 8.74. The molecule has 6 heteroatoms. The Balaban J connectivity index is 4.94. The third-order valence-electron chi connectivity index (χ3n) is 0.772. The second kappa shape index (κ2) is 5.10. The summed E-state index contributed by atoms with van der Waals surface area (Å²) >= 11 is 13.1. The molecule has 0 bridgehead atoms. The summed E-state index contributed by atoms with van der Waals surface area (Å²) in [7, 11) is 0. The van der Waals surface area contributed by atoms with E-state index in [0.29, 0.717) is 0 Å². The maximum absolute atomic E-state index is 4.37. The first-order chi connectivity index (χ1) is 5.18. The molecular formula is C5H3N3S3. The summed E-state index contributed by atoms with van der Waals surface area (Å²) in [6.45, 7) is 1.56. The topological polar surface area (TPSA) is 37.1 Å². The first-order valence-corrected chi connectivity index (χ1v) is 3.68. The van der Waals surface area contributed by atoms with E-state index in [2.05, 4.69) is 67.1 Å². The van der Waals surface area contributed by atoms with Crippen molar-refractivity contribution in [2.75, 3.05) is 0 Å². The minimum Gasteiger partial charge on any atom is -0.177 e. The summed E-state index contributed by atoms with van der Waals surface area (Å²) in [5.74, 6) is -1.12. The van der Waals surface area contributed by atoms with Crippen molar-refractivity contribution >= 4 is 52.1 Å². The normalized spacial score (nSPS) is 12.8. The molecule has 0 fully saturated rings. The molecule has 0 N–H and O–H groups in total. The lowest BCUT2D eigenvalue weighted by molar-refractivity contribution is 0.537. The monoisotopic (exact) mass is 201 g/mol. The zero-order valence-electron chi connectivity index (χ0n) is 5.57. The van der Waals surface area contributed by atoms with Crippen molar-refractivity contribution in [2.24, 2.45) is 15.0 Å². The molecule has 0 aromatic heterocycles. The van der Waals surface area contributed by atoms with Gasteiger partial charge in [0.25, 0.3) is 5.79 Å². The minimum absolute atomic E-state index is 1.12. The van der Waals surface area contributed by atoms with Crippen LogP contribution in [0.4, 0.5) is 0 Å². The van der Waals surface area contributed by atoms with Crippen LogP contribution in [0.5, 0.6) is 0 Å². The highest BCUT2D eigenvalue weighted by Crippen LogP contribution is 2.10. The molecule has 0 saturated carbocycles. The van der Waals surface area contributed by atoms with Crippen molar-refractivity contribution in [1.82, 2.24) is 0 Å². The van der Waals surface area contributed by atoms with Gasteiger partial charge in [0.15, 0.2) is 0 Å². The van der Waals surface area contributed by atoms with Gasteiger partial charge < -0.3 is 0 Å². The van der Waals surface area contributed by atoms with Gasteiger partial charge in [-0.1, -0.05) is 0 Å².